The maximum absolute atomic E-state index is 11.1. The molecule has 1 heterocycles. The minimum absolute atomic E-state index is 0.356. The van der Waals surface area contributed by atoms with Crippen LogP contribution < -0.4 is 10.6 Å². The Labute approximate surface area is 138 Å². The van der Waals surface area contributed by atoms with Gasteiger partial charge >= 0.3 is 0 Å². The highest BCUT2D eigenvalue weighted by atomic mass is 16.1. The average molecular weight is 309 g/mol. The largest absolute Gasteiger partial charge is 0.366 e. The normalized spacial score (nSPS) is 21.0. The van der Waals surface area contributed by atoms with E-state index in [1.54, 1.807) is 4.90 Å². The molecule has 0 atom stereocenters. The molecule has 0 bridgehead atoms. The molecule has 1 amide bonds. The van der Waals surface area contributed by atoms with Gasteiger partial charge in [-0.2, -0.15) is 0 Å². The molecule has 120 valence electrons. The molecule has 0 radical (unpaired) electrons. The minimum Gasteiger partial charge on any atom is -0.366 e. The number of piperidine rings is 1. The van der Waals surface area contributed by atoms with Crippen LogP contribution in [0, 0.1) is 5.92 Å². The highest BCUT2D eigenvalue weighted by Crippen LogP contribution is 2.16. The molecule has 0 aromatic heterocycles. The summed E-state index contributed by atoms with van der Waals surface area (Å²) >= 11 is 0. The van der Waals surface area contributed by atoms with Gasteiger partial charge in [0.2, 0.25) is 5.91 Å². The van der Waals surface area contributed by atoms with Crippen LogP contribution in [0.5, 0.6) is 0 Å². The number of nitrogens with one attached hydrogen (secondary N) is 1. The molecule has 2 aromatic carbocycles. The number of primary amides is 1. The molecule has 3 nitrogen and oxygen atoms in total. The second kappa shape index (κ2) is 7.42. The fourth-order valence-electron chi connectivity index (χ4n) is 3.49. The summed E-state index contributed by atoms with van der Waals surface area (Å²) in [4.78, 5) is 12.7. The molecule has 0 spiro atoms. The molecule has 23 heavy (non-hydrogen) atoms. The van der Waals surface area contributed by atoms with E-state index in [-0.39, 0.29) is 5.91 Å². The van der Waals surface area contributed by atoms with Gasteiger partial charge in [-0.25, -0.2) is 0 Å². The Bertz CT molecular complexity index is 628. The lowest BCUT2D eigenvalue weighted by molar-refractivity contribution is -0.919. The SMILES string of the molecule is NC(=O)c1ccc(C[NH+]2CCC(Cc3ccccc3)CC2)cc1. The number of benzene rings is 2. The second-order valence-electron chi connectivity index (χ2n) is 6.62. The number of nitrogens with two attached hydrogens (primary N) is 1. The van der Waals surface area contributed by atoms with Gasteiger partial charge in [0.15, 0.2) is 0 Å². The van der Waals surface area contributed by atoms with Gasteiger partial charge in [-0.3, -0.25) is 4.79 Å². The first-order chi connectivity index (χ1) is 11.2. The first kappa shape index (κ1) is 15.8. The van der Waals surface area contributed by atoms with Crippen molar-refractivity contribution in [2.45, 2.75) is 25.8 Å². The van der Waals surface area contributed by atoms with Crippen LogP contribution in [0.1, 0.15) is 34.3 Å². The molecule has 3 N–H and O–H groups in total. The van der Waals surface area contributed by atoms with E-state index in [2.05, 4.69) is 30.3 Å². The minimum atomic E-state index is -0.356. The maximum atomic E-state index is 11.1. The lowest BCUT2D eigenvalue weighted by atomic mass is 9.90. The molecule has 1 aliphatic rings. The zero-order valence-corrected chi connectivity index (χ0v) is 13.5. The zero-order chi connectivity index (χ0) is 16.1. The Morgan fingerprint density at radius 1 is 0.957 bits per heavy atom. The second-order valence-corrected chi connectivity index (χ2v) is 6.62. The Hall–Kier alpha value is -2.13. The molecule has 0 unspecified atom stereocenters. The third-order valence-electron chi connectivity index (χ3n) is 4.87. The van der Waals surface area contributed by atoms with Gasteiger partial charge in [0.25, 0.3) is 0 Å². The zero-order valence-electron chi connectivity index (χ0n) is 13.5. The Balaban J connectivity index is 1.48. The van der Waals surface area contributed by atoms with E-state index in [1.165, 1.54) is 43.5 Å². The van der Waals surface area contributed by atoms with Crippen LogP contribution in [-0.4, -0.2) is 19.0 Å². The van der Waals surface area contributed by atoms with Crippen molar-refractivity contribution in [3.8, 4) is 0 Å². The predicted molar refractivity (Wildman–Crippen MR) is 92.2 cm³/mol. The summed E-state index contributed by atoms with van der Waals surface area (Å²) in [6.07, 6.45) is 3.80. The third kappa shape index (κ3) is 4.42. The highest BCUT2D eigenvalue weighted by molar-refractivity contribution is 5.92. The number of carbonyl (C=O) groups is 1. The maximum Gasteiger partial charge on any atom is 0.248 e. The first-order valence-corrected chi connectivity index (χ1v) is 8.47. The van der Waals surface area contributed by atoms with Crippen molar-refractivity contribution < 1.29 is 9.69 Å². The first-order valence-electron chi connectivity index (χ1n) is 8.47. The number of hydrogen-bond acceptors (Lipinski definition) is 1. The standard InChI is InChI=1S/C20H24N2O/c21-20(23)19-8-6-18(7-9-19)15-22-12-10-17(11-13-22)14-16-4-2-1-3-5-16/h1-9,17H,10-15H2,(H2,21,23)/p+1. The average Bonchev–Trinajstić information content (AvgIpc) is 2.58. The molecule has 0 aliphatic carbocycles. The number of carbonyl (C=O) groups excluding carboxylic acids is 1. The lowest BCUT2D eigenvalue weighted by Crippen LogP contribution is -3.11. The van der Waals surface area contributed by atoms with Crippen LogP contribution >= 0.6 is 0 Å². The van der Waals surface area contributed by atoms with Gasteiger partial charge < -0.3 is 10.6 Å². The van der Waals surface area contributed by atoms with Crippen LogP contribution in [0.15, 0.2) is 54.6 Å². The number of amides is 1. The van der Waals surface area contributed by atoms with E-state index >= 15 is 0 Å². The fraction of sp³-hybridized carbons (Fsp3) is 0.350. The monoisotopic (exact) mass is 309 g/mol. The van der Waals surface area contributed by atoms with Crippen molar-refractivity contribution in [3.05, 3.63) is 71.3 Å². The summed E-state index contributed by atoms with van der Waals surface area (Å²) in [7, 11) is 0. The van der Waals surface area contributed by atoms with E-state index < -0.39 is 0 Å². The number of quaternary nitrogens is 1. The predicted octanol–water partition coefficient (Wildman–Crippen LogP) is 1.82. The van der Waals surface area contributed by atoms with Gasteiger partial charge in [-0.05, 0) is 42.9 Å². The number of rotatable bonds is 5. The Morgan fingerprint density at radius 2 is 1.61 bits per heavy atom. The van der Waals surface area contributed by atoms with E-state index in [9.17, 15) is 4.79 Å². The molecule has 2 aromatic rings. The molecular weight excluding hydrogens is 284 g/mol. The van der Waals surface area contributed by atoms with Crippen molar-refractivity contribution in [1.29, 1.82) is 0 Å². The van der Waals surface area contributed by atoms with E-state index in [4.69, 9.17) is 5.73 Å². The third-order valence-corrected chi connectivity index (χ3v) is 4.87. The molecular formula is C20H25N2O+. The van der Waals surface area contributed by atoms with Crippen LogP contribution in [0.25, 0.3) is 0 Å². The van der Waals surface area contributed by atoms with Gasteiger partial charge in [0.1, 0.15) is 6.54 Å². The van der Waals surface area contributed by atoms with E-state index in [0.717, 1.165) is 12.5 Å². The van der Waals surface area contributed by atoms with Crippen LogP contribution in [-0.2, 0) is 13.0 Å². The van der Waals surface area contributed by atoms with E-state index in [1.807, 2.05) is 24.3 Å². The number of hydrogen-bond donors (Lipinski definition) is 2. The quantitative estimate of drug-likeness (QED) is 0.869. The van der Waals surface area contributed by atoms with Crippen molar-refractivity contribution in [2.24, 2.45) is 11.7 Å². The van der Waals surface area contributed by atoms with Crippen molar-refractivity contribution >= 4 is 5.91 Å². The topological polar surface area (TPSA) is 47.5 Å². The molecule has 0 saturated carbocycles. The summed E-state index contributed by atoms with van der Waals surface area (Å²) < 4.78 is 0. The molecule has 1 fully saturated rings. The smallest absolute Gasteiger partial charge is 0.248 e. The summed E-state index contributed by atoms with van der Waals surface area (Å²) in [5, 5.41) is 0. The van der Waals surface area contributed by atoms with Crippen LogP contribution in [0.4, 0.5) is 0 Å². The summed E-state index contributed by atoms with van der Waals surface area (Å²) in [5.74, 6) is 0.462. The summed E-state index contributed by atoms with van der Waals surface area (Å²) in [5.41, 5.74) is 8.62. The summed E-state index contributed by atoms with van der Waals surface area (Å²) in [6, 6.07) is 18.5. The van der Waals surface area contributed by atoms with Gasteiger partial charge in [-0.15, -0.1) is 0 Å². The molecule has 1 saturated heterocycles. The molecule has 3 rings (SSSR count). The van der Waals surface area contributed by atoms with Gasteiger partial charge in [-0.1, -0.05) is 42.5 Å². The van der Waals surface area contributed by atoms with Gasteiger partial charge in [0, 0.05) is 11.1 Å². The molecule has 3 heteroatoms. The Kier molecular flexibility index (Phi) is 5.09. The summed E-state index contributed by atoms with van der Waals surface area (Å²) in [6.45, 7) is 3.50. The van der Waals surface area contributed by atoms with E-state index in [0.29, 0.717) is 5.56 Å². The molecule has 1 aliphatic heterocycles. The lowest BCUT2D eigenvalue weighted by Gasteiger charge is -2.29. The van der Waals surface area contributed by atoms with Crippen molar-refractivity contribution in [2.75, 3.05) is 13.1 Å². The fourth-order valence-corrected chi connectivity index (χ4v) is 3.49. The van der Waals surface area contributed by atoms with Crippen LogP contribution in [0.3, 0.4) is 0 Å². The van der Waals surface area contributed by atoms with Gasteiger partial charge in [0.05, 0.1) is 13.1 Å². The highest BCUT2D eigenvalue weighted by Gasteiger charge is 2.22. The number of likely N-dealkylation sites (tertiary alicyclic amines) is 1. The van der Waals surface area contributed by atoms with Crippen LogP contribution in [0.2, 0.25) is 0 Å². The van der Waals surface area contributed by atoms with Crippen molar-refractivity contribution in [3.63, 3.8) is 0 Å². The Morgan fingerprint density at radius 3 is 2.22 bits per heavy atom. The van der Waals surface area contributed by atoms with Crippen molar-refractivity contribution in [1.82, 2.24) is 0 Å².